The third-order valence-electron chi connectivity index (χ3n) is 6.73. The van der Waals surface area contributed by atoms with E-state index in [1.807, 2.05) is 0 Å². The van der Waals surface area contributed by atoms with Crippen molar-refractivity contribution in [1.82, 2.24) is 9.91 Å². The molecule has 4 atom stereocenters. The van der Waals surface area contributed by atoms with Crippen molar-refractivity contribution >= 4 is 18.1 Å². The van der Waals surface area contributed by atoms with Crippen LogP contribution in [0.15, 0.2) is 53.6 Å². The van der Waals surface area contributed by atoms with Crippen molar-refractivity contribution in [2.24, 2.45) is 11.0 Å². The van der Waals surface area contributed by atoms with E-state index in [0.717, 1.165) is 22.4 Å². The molecular weight excluding hydrogens is 519 g/mol. The third kappa shape index (κ3) is 6.40. The van der Waals surface area contributed by atoms with Crippen molar-refractivity contribution in [3.8, 4) is 5.75 Å². The van der Waals surface area contributed by atoms with Crippen LogP contribution in [-0.2, 0) is 32.2 Å². The van der Waals surface area contributed by atoms with Crippen LogP contribution in [0, 0.1) is 5.92 Å². The maximum Gasteiger partial charge on any atom is 0.402 e. The Morgan fingerprint density at radius 1 is 1.18 bits per heavy atom. The monoisotopic (exact) mass is 549 g/mol. The summed E-state index contributed by atoms with van der Waals surface area (Å²) < 4.78 is 58.7. The molecule has 0 bridgehead atoms. The highest BCUT2D eigenvalue weighted by Gasteiger charge is 2.56. The van der Waals surface area contributed by atoms with E-state index >= 15 is 0 Å². The van der Waals surface area contributed by atoms with Crippen molar-refractivity contribution in [2.45, 2.75) is 44.4 Å². The molecule has 1 N–H and O–H groups in total. The molecule has 12 heteroatoms. The quantitative estimate of drug-likeness (QED) is 0.455. The number of aliphatic hydroxyl groups excluding tert-OH is 1. The number of halogens is 3. The van der Waals surface area contributed by atoms with E-state index in [1.165, 1.54) is 12.0 Å². The van der Waals surface area contributed by atoms with Gasteiger partial charge in [0.1, 0.15) is 5.75 Å². The van der Waals surface area contributed by atoms with Crippen molar-refractivity contribution in [2.75, 3.05) is 26.9 Å². The van der Waals surface area contributed by atoms with Gasteiger partial charge in [-0.2, -0.15) is 18.3 Å². The van der Waals surface area contributed by atoms with Crippen molar-refractivity contribution < 1.29 is 42.1 Å². The van der Waals surface area contributed by atoms with E-state index in [1.54, 1.807) is 55.5 Å². The fourth-order valence-corrected chi connectivity index (χ4v) is 4.82. The predicted molar refractivity (Wildman–Crippen MR) is 134 cm³/mol. The van der Waals surface area contributed by atoms with Gasteiger partial charge in [-0.15, -0.1) is 0 Å². The summed E-state index contributed by atoms with van der Waals surface area (Å²) in [5, 5.41) is 14.9. The summed E-state index contributed by atoms with van der Waals surface area (Å²) in [4.78, 5) is 26.5. The summed E-state index contributed by atoms with van der Waals surface area (Å²) in [6, 6.07) is 11.7. The third-order valence-corrected chi connectivity index (χ3v) is 6.73. The number of ether oxygens (including phenoxy) is 3. The SMILES string of the molecule is CCOC(=O)C(O)COCC1c2ccccc2CN1C1C=NN(Cc2ccc(OC)cc2)C(=O)C1C(F)(F)F. The van der Waals surface area contributed by atoms with E-state index < -0.39 is 42.2 Å². The Bertz CT molecular complexity index is 1190. The first-order chi connectivity index (χ1) is 18.6. The standard InChI is InChI=1S/C27H30F3N3O6/c1-3-39-26(36)23(34)16-38-15-22-20-7-5-4-6-18(20)14-32(22)21-12-31-33(25(35)24(21)27(28,29)30)13-17-8-10-19(37-2)11-9-17/h4-12,21-24,34H,3,13-16H2,1-2H3. The van der Waals surface area contributed by atoms with Gasteiger partial charge in [-0.25, -0.2) is 9.80 Å². The lowest BCUT2D eigenvalue weighted by atomic mass is 9.94. The first-order valence-electron chi connectivity index (χ1n) is 12.4. The normalized spacial score (nSPS) is 22.1. The number of carbonyl (C=O) groups excluding carboxylic acids is 2. The second kappa shape index (κ2) is 12.1. The fraction of sp³-hybridized carbons (Fsp3) is 0.444. The van der Waals surface area contributed by atoms with Crippen LogP contribution < -0.4 is 4.74 Å². The zero-order valence-electron chi connectivity index (χ0n) is 21.5. The lowest BCUT2D eigenvalue weighted by Crippen LogP contribution is -2.56. The second-order valence-corrected chi connectivity index (χ2v) is 9.21. The molecule has 0 saturated heterocycles. The highest BCUT2D eigenvalue weighted by atomic mass is 19.4. The molecule has 0 radical (unpaired) electrons. The van der Waals surface area contributed by atoms with Gasteiger partial charge in [0.2, 0.25) is 0 Å². The molecule has 2 aromatic carbocycles. The van der Waals surface area contributed by atoms with E-state index in [-0.39, 0.29) is 32.9 Å². The number of methoxy groups -OCH3 is 1. The van der Waals surface area contributed by atoms with Crippen LogP contribution >= 0.6 is 0 Å². The van der Waals surface area contributed by atoms with Gasteiger partial charge in [-0.05, 0) is 35.7 Å². The number of rotatable bonds is 10. The van der Waals surface area contributed by atoms with Gasteiger partial charge >= 0.3 is 12.1 Å². The van der Waals surface area contributed by atoms with Gasteiger partial charge in [0.05, 0.1) is 45.6 Å². The minimum absolute atomic E-state index is 0.0863. The summed E-state index contributed by atoms with van der Waals surface area (Å²) in [6.45, 7) is 1.19. The Balaban J connectivity index is 1.56. The molecule has 0 fully saturated rings. The topological polar surface area (TPSA) is 101 Å². The predicted octanol–water partition coefficient (Wildman–Crippen LogP) is 3.07. The molecule has 0 saturated carbocycles. The molecule has 4 unspecified atom stereocenters. The van der Waals surface area contributed by atoms with Crippen LogP contribution in [0.2, 0.25) is 0 Å². The lowest BCUT2D eigenvalue weighted by Gasteiger charge is -2.40. The van der Waals surface area contributed by atoms with Crippen LogP contribution in [0.3, 0.4) is 0 Å². The van der Waals surface area contributed by atoms with Gasteiger partial charge in [0.25, 0.3) is 5.91 Å². The Kier molecular flexibility index (Phi) is 8.88. The lowest BCUT2D eigenvalue weighted by molar-refractivity contribution is -0.201. The summed E-state index contributed by atoms with van der Waals surface area (Å²) in [5.74, 6) is -3.77. The highest BCUT2D eigenvalue weighted by molar-refractivity contribution is 5.88. The number of hydrogen-bond donors (Lipinski definition) is 1. The Morgan fingerprint density at radius 3 is 2.56 bits per heavy atom. The number of amides is 1. The summed E-state index contributed by atoms with van der Waals surface area (Å²) in [5.41, 5.74) is 2.13. The first kappa shape index (κ1) is 28.5. The molecule has 0 aromatic heterocycles. The largest absolute Gasteiger partial charge is 0.497 e. The number of alkyl halides is 3. The van der Waals surface area contributed by atoms with Crippen LogP contribution in [0.5, 0.6) is 5.75 Å². The van der Waals surface area contributed by atoms with Crippen LogP contribution in [0.4, 0.5) is 13.2 Å². The number of nitrogens with zero attached hydrogens (tertiary/aromatic N) is 3. The number of benzene rings is 2. The summed E-state index contributed by atoms with van der Waals surface area (Å²) in [6.07, 6.45) is -5.20. The van der Waals surface area contributed by atoms with Gasteiger partial charge < -0.3 is 19.3 Å². The van der Waals surface area contributed by atoms with Crippen molar-refractivity contribution in [3.63, 3.8) is 0 Å². The molecule has 2 aliphatic heterocycles. The minimum Gasteiger partial charge on any atom is -0.497 e. The number of fused-ring (bicyclic) bond motifs is 1. The fourth-order valence-electron chi connectivity index (χ4n) is 4.82. The molecule has 4 rings (SSSR count). The van der Waals surface area contributed by atoms with E-state index in [4.69, 9.17) is 14.2 Å². The molecule has 210 valence electrons. The van der Waals surface area contributed by atoms with Crippen LogP contribution in [0.1, 0.15) is 29.7 Å². The van der Waals surface area contributed by atoms with E-state index in [9.17, 15) is 27.9 Å². The number of hydrogen-bond acceptors (Lipinski definition) is 8. The second-order valence-electron chi connectivity index (χ2n) is 9.21. The molecule has 2 heterocycles. The molecule has 0 aliphatic carbocycles. The number of hydrazone groups is 1. The first-order valence-corrected chi connectivity index (χ1v) is 12.4. The highest BCUT2D eigenvalue weighted by Crippen LogP contribution is 2.42. The minimum atomic E-state index is -4.84. The van der Waals surface area contributed by atoms with Gasteiger partial charge in [-0.3, -0.25) is 9.69 Å². The average Bonchev–Trinajstić information content (AvgIpc) is 3.28. The zero-order valence-corrected chi connectivity index (χ0v) is 21.5. The zero-order chi connectivity index (χ0) is 28.2. The van der Waals surface area contributed by atoms with Crippen molar-refractivity contribution in [3.05, 3.63) is 65.2 Å². The van der Waals surface area contributed by atoms with E-state index in [2.05, 4.69) is 5.10 Å². The van der Waals surface area contributed by atoms with E-state index in [0.29, 0.717) is 11.3 Å². The maximum atomic E-state index is 14.4. The molecule has 1 amide bonds. The molecular formula is C27H30F3N3O6. The summed E-state index contributed by atoms with van der Waals surface area (Å²) >= 11 is 0. The average molecular weight is 550 g/mol. The molecule has 2 aliphatic rings. The molecule has 0 spiro atoms. The Hall–Kier alpha value is -3.48. The number of carbonyl (C=O) groups is 2. The smallest absolute Gasteiger partial charge is 0.402 e. The molecule has 2 aromatic rings. The summed E-state index contributed by atoms with van der Waals surface area (Å²) in [7, 11) is 1.50. The van der Waals surface area contributed by atoms with Gasteiger partial charge in [0, 0.05) is 12.8 Å². The number of aliphatic hydroxyl groups is 1. The Morgan fingerprint density at radius 2 is 1.90 bits per heavy atom. The van der Waals surface area contributed by atoms with Gasteiger partial charge in [0.15, 0.2) is 12.0 Å². The number of esters is 1. The van der Waals surface area contributed by atoms with Gasteiger partial charge in [-0.1, -0.05) is 36.4 Å². The maximum absolute atomic E-state index is 14.4. The molecule has 9 nitrogen and oxygen atoms in total. The van der Waals surface area contributed by atoms with Crippen LogP contribution in [-0.4, -0.2) is 78.4 Å². The molecule has 39 heavy (non-hydrogen) atoms. The van der Waals surface area contributed by atoms with Crippen molar-refractivity contribution in [1.29, 1.82) is 0 Å². The van der Waals surface area contributed by atoms with Crippen LogP contribution in [0.25, 0.3) is 0 Å². The Labute approximate surface area is 223 Å².